The highest BCUT2D eigenvalue weighted by molar-refractivity contribution is 7.17. The predicted octanol–water partition coefficient (Wildman–Crippen LogP) is 4.65. The Morgan fingerprint density at radius 1 is 1.23 bits per heavy atom. The van der Waals surface area contributed by atoms with Crippen LogP contribution < -0.4 is 5.32 Å². The number of aryl methyl sites for hydroxylation is 2. The van der Waals surface area contributed by atoms with E-state index >= 15 is 0 Å². The van der Waals surface area contributed by atoms with Gasteiger partial charge < -0.3 is 4.98 Å². The van der Waals surface area contributed by atoms with Crippen molar-refractivity contribution in [2.45, 2.75) is 40.5 Å². The molecule has 2 heterocycles. The molecule has 1 aliphatic carbocycles. The van der Waals surface area contributed by atoms with E-state index in [-0.39, 0.29) is 17.1 Å². The number of nitrogens with one attached hydrogen (secondary N) is 2. The molecule has 26 heavy (non-hydrogen) atoms. The second kappa shape index (κ2) is 5.77. The zero-order chi connectivity index (χ0) is 18.6. The lowest BCUT2D eigenvalue weighted by molar-refractivity contribution is 0.0915. The number of amides is 1. The molecule has 0 fully saturated rings. The molecule has 0 atom stereocenters. The maximum absolute atomic E-state index is 12.6. The van der Waals surface area contributed by atoms with Crippen LogP contribution in [-0.4, -0.2) is 21.7 Å². The second-order valence-electron chi connectivity index (χ2n) is 7.92. The summed E-state index contributed by atoms with van der Waals surface area (Å²) < 4.78 is 0. The summed E-state index contributed by atoms with van der Waals surface area (Å²) in [7, 11) is 0. The van der Waals surface area contributed by atoms with Gasteiger partial charge in [-0.15, -0.1) is 0 Å². The molecule has 4 rings (SSSR count). The third-order valence-corrected chi connectivity index (χ3v) is 5.84. The van der Waals surface area contributed by atoms with E-state index in [1.807, 2.05) is 26.0 Å². The lowest BCUT2D eigenvalue weighted by Gasteiger charge is -2.26. The summed E-state index contributed by atoms with van der Waals surface area (Å²) in [6.45, 7) is 8.21. The number of anilines is 1. The molecule has 3 aromatic rings. The average molecular weight is 367 g/mol. The van der Waals surface area contributed by atoms with E-state index in [4.69, 9.17) is 0 Å². The van der Waals surface area contributed by atoms with E-state index in [1.165, 1.54) is 11.3 Å². The topological polar surface area (TPSA) is 74.8 Å². The second-order valence-corrected chi connectivity index (χ2v) is 8.92. The normalized spacial score (nSPS) is 15.9. The van der Waals surface area contributed by atoms with Gasteiger partial charge >= 0.3 is 0 Å². The first-order chi connectivity index (χ1) is 12.2. The minimum Gasteiger partial charge on any atom is -0.351 e. The third kappa shape index (κ3) is 2.94. The largest absolute Gasteiger partial charge is 0.351 e. The molecule has 1 aliphatic rings. The van der Waals surface area contributed by atoms with Gasteiger partial charge in [-0.2, -0.15) is 0 Å². The molecule has 0 bridgehead atoms. The molecular weight excluding hydrogens is 346 g/mol. The summed E-state index contributed by atoms with van der Waals surface area (Å²) in [4.78, 5) is 33.3. The van der Waals surface area contributed by atoms with Crippen LogP contribution in [0.1, 0.15) is 57.2 Å². The number of hydrogen-bond donors (Lipinski definition) is 2. The van der Waals surface area contributed by atoms with Gasteiger partial charge in [-0.25, -0.2) is 4.98 Å². The van der Waals surface area contributed by atoms with Gasteiger partial charge in [0.15, 0.2) is 10.9 Å². The van der Waals surface area contributed by atoms with Gasteiger partial charge in [0.25, 0.3) is 5.91 Å². The quantitative estimate of drug-likeness (QED) is 0.692. The average Bonchev–Trinajstić information content (AvgIpc) is 3.10. The van der Waals surface area contributed by atoms with Crippen molar-refractivity contribution < 1.29 is 9.59 Å². The number of thiazole rings is 1. The van der Waals surface area contributed by atoms with Crippen molar-refractivity contribution in [3.05, 3.63) is 45.6 Å². The summed E-state index contributed by atoms with van der Waals surface area (Å²) in [6.07, 6.45) is 1.28. The maximum atomic E-state index is 12.6. The molecule has 0 unspecified atom stereocenters. The number of carbonyl (C=O) groups excluding carboxylic acids is 2. The van der Waals surface area contributed by atoms with E-state index < -0.39 is 0 Å². The highest BCUT2D eigenvalue weighted by atomic mass is 32.1. The maximum Gasteiger partial charge on any atom is 0.273 e. The van der Waals surface area contributed by atoms with Crippen LogP contribution in [0, 0.1) is 19.3 Å². The van der Waals surface area contributed by atoms with Crippen molar-refractivity contribution in [1.82, 2.24) is 9.97 Å². The molecule has 2 N–H and O–H groups in total. The number of nitrogens with zero attached hydrogens (tertiary/aromatic N) is 1. The SMILES string of the molecule is Cc1cc(C)c2cc(C(=O)Nc3nc4c(s3)C(=O)CC(C)(C)C4)[nH]c2c1. The van der Waals surface area contributed by atoms with Gasteiger partial charge in [0.1, 0.15) is 5.69 Å². The van der Waals surface area contributed by atoms with Crippen LogP contribution in [0.15, 0.2) is 18.2 Å². The van der Waals surface area contributed by atoms with Gasteiger partial charge in [-0.1, -0.05) is 31.3 Å². The van der Waals surface area contributed by atoms with Crippen molar-refractivity contribution in [2.75, 3.05) is 5.32 Å². The summed E-state index contributed by atoms with van der Waals surface area (Å²) in [5.41, 5.74) is 4.45. The van der Waals surface area contributed by atoms with Crippen LogP contribution in [0.4, 0.5) is 5.13 Å². The van der Waals surface area contributed by atoms with Crippen molar-refractivity contribution in [3.63, 3.8) is 0 Å². The zero-order valence-electron chi connectivity index (χ0n) is 15.3. The van der Waals surface area contributed by atoms with Crippen LogP contribution in [-0.2, 0) is 6.42 Å². The standard InChI is InChI=1S/C20H21N3O2S/c1-10-5-11(2)12-7-14(21-13(12)6-10)18(25)23-19-22-15-8-20(3,4)9-16(24)17(15)26-19/h5-7,21H,8-9H2,1-4H3,(H,22,23,25). The monoisotopic (exact) mass is 367 g/mol. The van der Waals surface area contributed by atoms with E-state index in [2.05, 4.69) is 35.2 Å². The van der Waals surface area contributed by atoms with E-state index in [0.717, 1.165) is 34.1 Å². The fraction of sp³-hybridized carbons (Fsp3) is 0.350. The van der Waals surface area contributed by atoms with Crippen molar-refractivity contribution in [1.29, 1.82) is 0 Å². The molecule has 0 saturated carbocycles. The molecule has 0 spiro atoms. The highest BCUT2D eigenvalue weighted by Crippen LogP contribution is 2.38. The van der Waals surface area contributed by atoms with Crippen molar-refractivity contribution in [3.8, 4) is 0 Å². The Morgan fingerprint density at radius 3 is 2.77 bits per heavy atom. The van der Waals surface area contributed by atoms with E-state index in [9.17, 15) is 9.59 Å². The fourth-order valence-electron chi connectivity index (χ4n) is 3.66. The Hall–Kier alpha value is -2.47. The van der Waals surface area contributed by atoms with Crippen LogP contribution in [0.25, 0.3) is 10.9 Å². The lowest BCUT2D eigenvalue weighted by Crippen LogP contribution is -2.26. The number of hydrogen-bond acceptors (Lipinski definition) is 4. The Kier molecular flexibility index (Phi) is 3.77. The van der Waals surface area contributed by atoms with Gasteiger partial charge in [-0.05, 0) is 48.9 Å². The molecule has 0 radical (unpaired) electrons. The zero-order valence-corrected chi connectivity index (χ0v) is 16.1. The summed E-state index contributed by atoms with van der Waals surface area (Å²) in [5, 5.41) is 4.37. The molecule has 1 aromatic carbocycles. The Bertz CT molecular complexity index is 1060. The van der Waals surface area contributed by atoms with Gasteiger partial charge in [0.2, 0.25) is 0 Å². The first-order valence-corrected chi connectivity index (χ1v) is 9.48. The molecule has 0 saturated heterocycles. The van der Waals surface area contributed by atoms with Crippen LogP contribution in [0.3, 0.4) is 0 Å². The predicted molar refractivity (Wildman–Crippen MR) is 104 cm³/mol. The van der Waals surface area contributed by atoms with Crippen molar-refractivity contribution >= 4 is 39.1 Å². The number of rotatable bonds is 2. The Balaban J connectivity index is 1.62. The van der Waals surface area contributed by atoms with Gasteiger partial charge in [0.05, 0.1) is 10.6 Å². The molecule has 6 heteroatoms. The smallest absolute Gasteiger partial charge is 0.273 e. The summed E-state index contributed by atoms with van der Waals surface area (Å²) in [6, 6.07) is 5.99. The summed E-state index contributed by atoms with van der Waals surface area (Å²) in [5.74, 6) is -0.123. The molecule has 5 nitrogen and oxygen atoms in total. The number of aromatic nitrogens is 2. The minimum atomic E-state index is -0.240. The number of fused-ring (bicyclic) bond motifs is 2. The molecule has 134 valence electrons. The summed E-state index contributed by atoms with van der Waals surface area (Å²) >= 11 is 1.27. The number of aromatic amines is 1. The Morgan fingerprint density at radius 2 is 2.00 bits per heavy atom. The first-order valence-electron chi connectivity index (χ1n) is 8.66. The third-order valence-electron chi connectivity index (χ3n) is 4.79. The number of H-pyrrole nitrogens is 1. The molecule has 1 amide bonds. The first kappa shape index (κ1) is 17.0. The molecule has 0 aliphatic heterocycles. The van der Waals surface area contributed by atoms with Gasteiger partial charge in [-0.3, -0.25) is 14.9 Å². The number of ketones is 1. The molecular formula is C20H21N3O2S. The number of Topliss-reactive ketones (excluding diaryl/α,β-unsaturated/α-hetero) is 1. The Labute approximate surface area is 155 Å². The minimum absolute atomic E-state index is 0.0774. The van der Waals surface area contributed by atoms with Gasteiger partial charge in [0, 0.05) is 17.3 Å². The number of benzene rings is 1. The molecule has 2 aromatic heterocycles. The van der Waals surface area contributed by atoms with Crippen LogP contribution >= 0.6 is 11.3 Å². The van der Waals surface area contributed by atoms with E-state index in [1.54, 1.807) is 0 Å². The van der Waals surface area contributed by atoms with Crippen LogP contribution in [0.5, 0.6) is 0 Å². The fourth-order valence-corrected chi connectivity index (χ4v) is 4.57. The lowest BCUT2D eigenvalue weighted by atomic mass is 9.78. The van der Waals surface area contributed by atoms with E-state index in [0.29, 0.717) is 22.1 Å². The highest BCUT2D eigenvalue weighted by Gasteiger charge is 2.34. The van der Waals surface area contributed by atoms with Crippen molar-refractivity contribution in [2.24, 2.45) is 5.41 Å². The number of carbonyl (C=O) groups is 2. The van der Waals surface area contributed by atoms with Crippen LogP contribution in [0.2, 0.25) is 0 Å².